The van der Waals surface area contributed by atoms with Crippen LogP contribution in [0.15, 0.2) is 42.5 Å². The molecular weight excluding hydrogens is 358 g/mol. The van der Waals surface area contributed by atoms with Crippen molar-refractivity contribution in [2.24, 2.45) is 0 Å². The van der Waals surface area contributed by atoms with Crippen molar-refractivity contribution in [3.63, 3.8) is 0 Å². The highest BCUT2D eigenvalue weighted by Gasteiger charge is 2.15. The molecule has 0 aliphatic carbocycles. The number of aromatic amines is 1. The molecule has 1 amide bonds. The van der Waals surface area contributed by atoms with Gasteiger partial charge in [0, 0.05) is 18.5 Å². The van der Waals surface area contributed by atoms with E-state index in [0.717, 1.165) is 29.0 Å². The molecule has 7 nitrogen and oxygen atoms in total. The van der Waals surface area contributed by atoms with Crippen LogP contribution >= 0.6 is 0 Å². The number of hydrogen-bond acceptors (Lipinski definition) is 5. The van der Waals surface area contributed by atoms with Gasteiger partial charge in [-0.05, 0) is 47.5 Å². The molecule has 0 spiro atoms. The van der Waals surface area contributed by atoms with Crippen LogP contribution in [0.5, 0.6) is 17.2 Å². The molecule has 1 aliphatic heterocycles. The van der Waals surface area contributed by atoms with E-state index >= 15 is 0 Å². The van der Waals surface area contributed by atoms with Crippen molar-refractivity contribution in [3.05, 3.63) is 59.3 Å². The Morgan fingerprint density at radius 3 is 2.82 bits per heavy atom. The molecule has 0 radical (unpaired) electrons. The molecule has 4 rings (SSSR count). The smallest absolute Gasteiger partial charge is 0.269 e. The number of amides is 1. The Kier molecular flexibility index (Phi) is 4.89. The molecule has 0 atom stereocenters. The first-order chi connectivity index (χ1) is 13.7. The predicted molar refractivity (Wildman–Crippen MR) is 104 cm³/mol. The maximum atomic E-state index is 12.5. The largest absolute Gasteiger partial charge is 0.493 e. The molecule has 0 unspecified atom stereocenters. The van der Waals surface area contributed by atoms with Crippen LogP contribution in [-0.4, -0.2) is 36.9 Å². The van der Waals surface area contributed by atoms with Crippen molar-refractivity contribution in [3.8, 4) is 28.5 Å². The summed E-state index contributed by atoms with van der Waals surface area (Å²) in [5, 5.41) is 9.97. The van der Waals surface area contributed by atoms with Crippen LogP contribution in [0.1, 0.15) is 21.6 Å². The summed E-state index contributed by atoms with van der Waals surface area (Å²) in [5.41, 5.74) is 4.17. The maximum absolute atomic E-state index is 12.5. The Morgan fingerprint density at radius 1 is 1.14 bits per heavy atom. The van der Waals surface area contributed by atoms with Gasteiger partial charge in [-0.25, -0.2) is 0 Å². The minimum atomic E-state index is -0.224. The summed E-state index contributed by atoms with van der Waals surface area (Å²) in [6, 6.07) is 13.2. The number of carbonyl (C=O) groups is 1. The molecule has 2 aromatic carbocycles. The molecular formula is C21H21N3O4. The number of carbonyl (C=O) groups excluding carboxylic acids is 1. The minimum absolute atomic E-state index is 0.224. The molecule has 1 aliphatic rings. The average molecular weight is 379 g/mol. The molecule has 0 saturated heterocycles. The summed E-state index contributed by atoms with van der Waals surface area (Å²) in [4.78, 5) is 12.5. The van der Waals surface area contributed by atoms with Crippen LogP contribution in [-0.2, 0) is 13.0 Å². The zero-order valence-corrected chi connectivity index (χ0v) is 15.7. The van der Waals surface area contributed by atoms with Gasteiger partial charge in [0.05, 0.1) is 26.5 Å². The van der Waals surface area contributed by atoms with E-state index in [4.69, 9.17) is 14.2 Å². The summed E-state index contributed by atoms with van der Waals surface area (Å²) in [6.45, 7) is 1.08. The van der Waals surface area contributed by atoms with Crippen LogP contribution in [0.25, 0.3) is 11.3 Å². The highest BCUT2D eigenvalue weighted by Crippen LogP contribution is 2.30. The normalized spacial score (nSPS) is 12.2. The number of nitrogens with zero attached hydrogens (tertiary/aromatic N) is 1. The molecule has 7 heteroatoms. The third-order valence-electron chi connectivity index (χ3n) is 4.71. The van der Waals surface area contributed by atoms with Gasteiger partial charge in [-0.1, -0.05) is 6.07 Å². The van der Waals surface area contributed by atoms with Crippen molar-refractivity contribution in [1.82, 2.24) is 15.5 Å². The van der Waals surface area contributed by atoms with E-state index in [-0.39, 0.29) is 5.91 Å². The van der Waals surface area contributed by atoms with Gasteiger partial charge in [0.15, 0.2) is 11.5 Å². The number of nitrogens with one attached hydrogen (secondary N) is 2. The van der Waals surface area contributed by atoms with Gasteiger partial charge < -0.3 is 19.5 Å². The summed E-state index contributed by atoms with van der Waals surface area (Å²) in [5.74, 6) is 1.97. The fourth-order valence-electron chi connectivity index (χ4n) is 3.20. The Balaban J connectivity index is 1.43. The first kappa shape index (κ1) is 17.9. The van der Waals surface area contributed by atoms with Crippen LogP contribution < -0.4 is 19.5 Å². The van der Waals surface area contributed by atoms with Crippen molar-refractivity contribution < 1.29 is 19.0 Å². The van der Waals surface area contributed by atoms with Crippen molar-refractivity contribution >= 4 is 5.91 Å². The monoisotopic (exact) mass is 379 g/mol. The minimum Gasteiger partial charge on any atom is -0.493 e. The second kappa shape index (κ2) is 7.64. The van der Waals surface area contributed by atoms with Gasteiger partial charge in [0.1, 0.15) is 11.4 Å². The van der Waals surface area contributed by atoms with E-state index < -0.39 is 0 Å². The molecule has 28 heavy (non-hydrogen) atoms. The second-order valence-electron chi connectivity index (χ2n) is 6.46. The fraction of sp³-hybridized carbons (Fsp3) is 0.238. The van der Waals surface area contributed by atoms with Gasteiger partial charge in [0.25, 0.3) is 5.91 Å². The number of hydrogen-bond donors (Lipinski definition) is 2. The van der Waals surface area contributed by atoms with E-state index in [1.165, 1.54) is 5.56 Å². The topological polar surface area (TPSA) is 85.5 Å². The summed E-state index contributed by atoms with van der Waals surface area (Å²) < 4.78 is 16.0. The maximum Gasteiger partial charge on any atom is 0.269 e. The van der Waals surface area contributed by atoms with E-state index in [1.807, 2.05) is 30.3 Å². The summed E-state index contributed by atoms with van der Waals surface area (Å²) >= 11 is 0. The highest BCUT2D eigenvalue weighted by molar-refractivity contribution is 5.93. The molecule has 0 bridgehead atoms. The molecule has 3 aromatic rings. The number of H-pyrrole nitrogens is 1. The van der Waals surface area contributed by atoms with Gasteiger partial charge in [-0.2, -0.15) is 5.10 Å². The standard InChI is InChI=1S/C21H21N3O4/c1-26-19-5-3-13(9-20(19)27-2)12-22-21(25)17-11-16(23-24-17)14-4-6-18-15(10-14)7-8-28-18/h3-6,9-11H,7-8,12H2,1-2H3,(H,22,25)(H,23,24). The third kappa shape index (κ3) is 3.51. The van der Waals surface area contributed by atoms with Gasteiger partial charge in [-0.3, -0.25) is 9.89 Å². The number of fused-ring (bicyclic) bond motifs is 1. The van der Waals surface area contributed by atoms with Crippen molar-refractivity contribution in [1.29, 1.82) is 0 Å². The average Bonchev–Trinajstić information content (AvgIpc) is 3.40. The number of benzene rings is 2. The second-order valence-corrected chi connectivity index (χ2v) is 6.46. The van der Waals surface area contributed by atoms with Gasteiger partial charge in [-0.15, -0.1) is 0 Å². The lowest BCUT2D eigenvalue weighted by Gasteiger charge is -2.10. The lowest BCUT2D eigenvalue weighted by Crippen LogP contribution is -2.23. The third-order valence-corrected chi connectivity index (χ3v) is 4.71. The zero-order valence-electron chi connectivity index (χ0n) is 15.7. The number of rotatable bonds is 6. The predicted octanol–water partition coefficient (Wildman–Crippen LogP) is 2.96. The molecule has 2 heterocycles. The molecule has 1 aromatic heterocycles. The lowest BCUT2D eigenvalue weighted by atomic mass is 10.1. The van der Waals surface area contributed by atoms with Crippen LogP contribution in [0.4, 0.5) is 0 Å². The summed E-state index contributed by atoms with van der Waals surface area (Å²) in [7, 11) is 3.17. The first-order valence-electron chi connectivity index (χ1n) is 8.98. The Hall–Kier alpha value is -3.48. The van der Waals surface area contributed by atoms with E-state index in [0.29, 0.717) is 30.3 Å². The van der Waals surface area contributed by atoms with E-state index in [1.54, 1.807) is 20.3 Å². The number of ether oxygens (including phenoxy) is 3. The van der Waals surface area contributed by atoms with E-state index in [2.05, 4.69) is 21.6 Å². The van der Waals surface area contributed by atoms with Crippen LogP contribution in [0.2, 0.25) is 0 Å². The van der Waals surface area contributed by atoms with E-state index in [9.17, 15) is 4.79 Å². The molecule has 2 N–H and O–H groups in total. The van der Waals surface area contributed by atoms with Crippen molar-refractivity contribution in [2.75, 3.05) is 20.8 Å². The zero-order chi connectivity index (χ0) is 19.5. The van der Waals surface area contributed by atoms with Crippen LogP contribution in [0.3, 0.4) is 0 Å². The van der Waals surface area contributed by atoms with Crippen LogP contribution in [0, 0.1) is 0 Å². The quantitative estimate of drug-likeness (QED) is 0.688. The Labute approximate surface area is 162 Å². The number of aromatic nitrogens is 2. The fourth-order valence-corrected chi connectivity index (χ4v) is 3.20. The molecule has 0 fully saturated rings. The van der Waals surface area contributed by atoms with Crippen molar-refractivity contribution in [2.45, 2.75) is 13.0 Å². The van der Waals surface area contributed by atoms with Gasteiger partial charge in [0.2, 0.25) is 0 Å². The highest BCUT2D eigenvalue weighted by atomic mass is 16.5. The lowest BCUT2D eigenvalue weighted by molar-refractivity contribution is 0.0946. The van der Waals surface area contributed by atoms with Gasteiger partial charge >= 0.3 is 0 Å². The SMILES string of the molecule is COc1ccc(CNC(=O)c2cc(-c3ccc4c(c3)CCO4)n[nH]2)cc1OC. The number of methoxy groups -OCH3 is 2. The Bertz CT molecular complexity index is 1010. The first-order valence-corrected chi connectivity index (χ1v) is 8.98. The Morgan fingerprint density at radius 2 is 2.00 bits per heavy atom. The molecule has 0 saturated carbocycles. The molecule has 144 valence electrons. The summed E-state index contributed by atoms with van der Waals surface area (Å²) in [6.07, 6.45) is 0.895.